The van der Waals surface area contributed by atoms with E-state index in [9.17, 15) is 9.59 Å². The highest BCUT2D eigenvalue weighted by atomic mass is 16.5. The van der Waals surface area contributed by atoms with E-state index in [0.717, 1.165) is 25.7 Å². The minimum Gasteiger partial charge on any atom is -0.497 e. The first-order valence-electron chi connectivity index (χ1n) is 12.1. The molecule has 1 fully saturated rings. The van der Waals surface area contributed by atoms with Crippen LogP contribution in [0.1, 0.15) is 39.5 Å². The molecular formula is C26H33N5O5. The summed E-state index contributed by atoms with van der Waals surface area (Å²) in [6.45, 7) is 3.94. The molecule has 3 aromatic rings. The zero-order valence-corrected chi connectivity index (χ0v) is 21.3. The molecule has 1 aliphatic rings. The molecule has 1 amide bonds. The van der Waals surface area contributed by atoms with Gasteiger partial charge in [-0.25, -0.2) is 9.97 Å². The number of anilines is 1. The van der Waals surface area contributed by atoms with Gasteiger partial charge in [0.15, 0.2) is 5.82 Å². The van der Waals surface area contributed by atoms with Crippen molar-refractivity contribution in [1.82, 2.24) is 20.3 Å². The maximum absolute atomic E-state index is 13.0. The van der Waals surface area contributed by atoms with Crippen LogP contribution in [0, 0.1) is 5.92 Å². The van der Waals surface area contributed by atoms with Gasteiger partial charge in [0.05, 0.1) is 38.7 Å². The standard InChI is InChI=1S/C26H33N5O5/c1-14(2)28-25(32)15-6-8-16(9-7-15)29-20-11-18(35-4)13-27-23(20)24-30-19-10-17(34-3)12-21(36-5)22(19)26(33)31-24/h10-16,29H,6-9H2,1-5H3,(H,28,32)(H,30,31,33)/t15-,16+. The second-order valence-corrected chi connectivity index (χ2v) is 9.27. The van der Waals surface area contributed by atoms with Gasteiger partial charge in [0.1, 0.15) is 28.3 Å². The summed E-state index contributed by atoms with van der Waals surface area (Å²) in [6.07, 6.45) is 4.86. The van der Waals surface area contributed by atoms with Gasteiger partial charge in [0.2, 0.25) is 5.91 Å². The number of carbonyl (C=O) groups is 1. The topological polar surface area (TPSA) is 127 Å². The summed E-state index contributed by atoms with van der Waals surface area (Å²) in [5.74, 6) is 1.95. The normalized spacial score (nSPS) is 17.6. The highest BCUT2D eigenvalue weighted by molar-refractivity contribution is 5.87. The van der Waals surface area contributed by atoms with E-state index in [1.54, 1.807) is 32.5 Å². The number of amides is 1. The number of aromatic nitrogens is 3. The zero-order valence-electron chi connectivity index (χ0n) is 21.3. The lowest BCUT2D eigenvalue weighted by Crippen LogP contribution is -2.38. The molecule has 0 atom stereocenters. The quantitative estimate of drug-likeness (QED) is 0.433. The third-order valence-corrected chi connectivity index (χ3v) is 6.41. The van der Waals surface area contributed by atoms with E-state index >= 15 is 0 Å². The number of nitrogens with one attached hydrogen (secondary N) is 3. The van der Waals surface area contributed by atoms with Crippen molar-refractivity contribution in [3.05, 3.63) is 34.7 Å². The number of hydrogen-bond acceptors (Lipinski definition) is 8. The Labute approximate surface area is 209 Å². The van der Waals surface area contributed by atoms with Crippen molar-refractivity contribution in [2.24, 2.45) is 5.92 Å². The molecule has 10 nitrogen and oxygen atoms in total. The third kappa shape index (κ3) is 5.37. The van der Waals surface area contributed by atoms with E-state index in [4.69, 9.17) is 14.2 Å². The lowest BCUT2D eigenvalue weighted by atomic mass is 9.85. The number of fused-ring (bicyclic) bond motifs is 1. The van der Waals surface area contributed by atoms with Gasteiger partial charge in [-0.05, 0) is 39.5 Å². The summed E-state index contributed by atoms with van der Waals surface area (Å²) in [7, 11) is 4.62. The molecule has 1 saturated carbocycles. The molecule has 1 aliphatic carbocycles. The van der Waals surface area contributed by atoms with Crippen LogP contribution in [0.2, 0.25) is 0 Å². The minimum absolute atomic E-state index is 0.0248. The number of ether oxygens (including phenoxy) is 3. The molecule has 4 rings (SSSR count). The second-order valence-electron chi connectivity index (χ2n) is 9.27. The Hall–Kier alpha value is -3.82. The molecule has 3 N–H and O–H groups in total. The fourth-order valence-corrected chi connectivity index (χ4v) is 4.58. The van der Waals surface area contributed by atoms with Crippen molar-refractivity contribution in [3.63, 3.8) is 0 Å². The number of nitrogens with zero attached hydrogens (tertiary/aromatic N) is 2. The van der Waals surface area contributed by atoms with Crippen LogP contribution in [0.15, 0.2) is 29.2 Å². The maximum atomic E-state index is 13.0. The number of H-pyrrole nitrogens is 1. The molecule has 0 unspecified atom stereocenters. The van der Waals surface area contributed by atoms with Gasteiger partial charge >= 0.3 is 0 Å². The van der Waals surface area contributed by atoms with Crippen LogP contribution in [0.3, 0.4) is 0 Å². The lowest BCUT2D eigenvalue weighted by Gasteiger charge is -2.30. The first kappa shape index (κ1) is 25.3. The summed E-state index contributed by atoms with van der Waals surface area (Å²) in [5, 5.41) is 6.90. The van der Waals surface area contributed by atoms with Gasteiger partial charge in [-0.2, -0.15) is 0 Å². The number of rotatable bonds is 8. The van der Waals surface area contributed by atoms with E-state index in [2.05, 4.69) is 25.6 Å². The molecule has 10 heteroatoms. The number of hydrogen-bond donors (Lipinski definition) is 3. The van der Waals surface area contributed by atoms with Crippen LogP contribution in [-0.2, 0) is 4.79 Å². The number of aromatic amines is 1. The van der Waals surface area contributed by atoms with Gasteiger partial charge in [0.25, 0.3) is 5.56 Å². The van der Waals surface area contributed by atoms with Gasteiger partial charge in [-0.15, -0.1) is 0 Å². The number of methoxy groups -OCH3 is 3. The summed E-state index contributed by atoms with van der Waals surface area (Å²) in [4.78, 5) is 37.5. The monoisotopic (exact) mass is 495 g/mol. The second kappa shape index (κ2) is 10.8. The molecule has 2 heterocycles. The molecule has 0 saturated heterocycles. The van der Waals surface area contributed by atoms with Crippen LogP contribution in [0.4, 0.5) is 5.69 Å². The van der Waals surface area contributed by atoms with Crippen molar-refractivity contribution < 1.29 is 19.0 Å². The summed E-state index contributed by atoms with van der Waals surface area (Å²) in [5.41, 5.74) is 1.29. The molecule has 1 aromatic carbocycles. The Morgan fingerprint density at radius 3 is 2.39 bits per heavy atom. The van der Waals surface area contributed by atoms with Gasteiger partial charge < -0.3 is 29.8 Å². The predicted octanol–water partition coefficient (Wildman–Crippen LogP) is 3.51. The lowest BCUT2D eigenvalue weighted by molar-refractivity contribution is -0.126. The van der Waals surface area contributed by atoms with Crippen LogP contribution >= 0.6 is 0 Å². The zero-order chi connectivity index (χ0) is 25.8. The van der Waals surface area contributed by atoms with E-state index in [1.807, 2.05) is 19.9 Å². The Kier molecular flexibility index (Phi) is 7.61. The Bertz CT molecular complexity index is 1300. The predicted molar refractivity (Wildman–Crippen MR) is 138 cm³/mol. The SMILES string of the molecule is COc1cnc(-c2nc3cc(OC)cc(OC)c3c(=O)[nH]2)c(N[C@H]2CC[C@@H](C(=O)NC(C)C)CC2)c1. The first-order valence-corrected chi connectivity index (χ1v) is 12.1. The van der Waals surface area contributed by atoms with Gasteiger partial charge in [-0.1, -0.05) is 0 Å². The van der Waals surface area contributed by atoms with Crippen molar-refractivity contribution in [3.8, 4) is 28.8 Å². The van der Waals surface area contributed by atoms with Crippen molar-refractivity contribution in [1.29, 1.82) is 0 Å². The number of benzene rings is 1. The molecule has 0 aliphatic heterocycles. The summed E-state index contributed by atoms with van der Waals surface area (Å²) in [6, 6.07) is 5.46. The van der Waals surface area contributed by atoms with E-state index in [0.29, 0.717) is 45.4 Å². The fraction of sp³-hybridized carbons (Fsp3) is 0.462. The minimum atomic E-state index is -0.338. The first-order chi connectivity index (χ1) is 17.3. The van der Waals surface area contributed by atoms with Crippen LogP contribution in [0.25, 0.3) is 22.4 Å². The summed E-state index contributed by atoms with van der Waals surface area (Å²) < 4.78 is 16.1. The molecule has 192 valence electrons. The molecule has 36 heavy (non-hydrogen) atoms. The van der Waals surface area contributed by atoms with Crippen LogP contribution in [0.5, 0.6) is 17.2 Å². The van der Waals surface area contributed by atoms with E-state index < -0.39 is 0 Å². The Balaban J connectivity index is 1.64. The molecular weight excluding hydrogens is 462 g/mol. The number of carbonyl (C=O) groups excluding carboxylic acids is 1. The molecule has 2 aromatic heterocycles. The summed E-state index contributed by atoms with van der Waals surface area (Å²) >= 11 is 0. The molecule has 0 radical (unpaired) electrons. The molecule has 0 spiro atoms. The maximum Gasteiger partial charge on any atom is 0.262 e. The Morgan fingerprint density at radius 2 is 1.75 bits per heavy atom. The van der Waals surface area contributed by atoms with Crippen molar-refractivity contribution in [2.75, 3.05) is 26.6 Å². The average Bonchev–Trinajstić information content (AvgIpc) is 2.87. The highest BCUT2D eigenvalue weighted by Gasteiger charge is 2.27. The van der Waals surface area contributed by atoms with Crippen molar-refractivity contribution >= 4 is 22.5 Å². The van der Waals surface area contributed by atoms with E-state index in [-0.39, 0.29) is 29.5 Å². The number of pyridine rings is 1. The Morgan fingerprint density at radius 1 is 1.03 bits per heavy atom. The van der Waals surface area contributed by atoms with Gasteiger partial charge in [0, 0.05) is 36.2 Å². The van der Waals surface area contributed by atoms with Gasteiger partial charge in [-0.3, -0.25) is 9.59 Å². The van der Waals surface area contributed by atoms with E-state index in [1.165, 1.54) is 7.11 Å². The largest absolute Gasteiger partial charge is 0.497 e. The third-order valence-electron chi connectivity index (χ3n) is 6.41. The molecule has 0 bridgehead atoms. The fourth-order valence-electron chi connectivity index (χ4n) is 4.58. The van der Waals surface area contributed by atoms with Crippen molar-refractivity contribution in [2.45, 2.75) is 51.6 Å². The highest BCUT2D eigenvalue weighted by Crippen LogP contribution is 2.33. The van der Waals surface area contributed by atoms with Crippen LogP contribution < -0.4 is 30.4 Å². The average molecular weight is 496 g/mol. The van der Waals surface area contributed by atoms with Crippen LogP contribution in [-0.4, -0.2) is 54.3 Å². The smallest absolute Gasteiger partial charge is 0.262 e.